The van der Waals surface area contributed by atoms with Crippen molar-refractivity contribution in [3.8, 4) is 0 Å². The van der Waals surface area contributed by atoms with Crippen molar-refractivity contribution in [3.63, 3.8) is 0 Å². The van der Waals surface area contributed by atoms with Crippen molar-refractivity contribution in [2.75, 3.05) is 14.1 Å². The lowest BCUT2D eigenvalue weighted by molar-refractivity contribution is 0.275. The number of hydrogen-bond donors (Lipinski definition) is 1. The quantitative estimate of drug-likeness (QED) is 0.865. The van der Waals surface area contributed by atoms with Crippen LogP contribution in [0.4, 0.5) is 0 Å². The van der Waals surface area contributed by atoms with Crippen LogP contribution in [0.2, 0.25) is 0 Å². The van der Waals surface area contributed by atoms with Gasteiger partial charge >= 0.3 is 0 Å². The van der Waals surface area contributed by atoms with E-state index in [2.05, 4.69) is 44.1 Å². The smallest absolute Gasteiger partial charge is 0.0342 e. The average molecular weight is 246 g/mol. The van der Waals surface area contributed by atoms with E-state index in [-0.39, 0.29) is 0 Å². The molecule has 0 bridgehead atoms. The molecule has 18 heavy (non-hydrogen) atoms. The van der Waals surface area contributed by atoms with Crippen LogP contribution in [0.15, 0.2) is 18.2 Å². The first-order chi connectivity index (χ1) is 8.58. The van der Waals surface area contributed by atoms with Gasteiger partial charge in [-0.1, -0.05) is 18.2 Å². The number of nitrogens with zero attached hydrogens (tertiary/aromatic N) is 1. The predicted molar refractivity (Wildman–Crippen MR) is 77.8 cm³/mol. The number of fused-ring (bicyclic) bond motifs is 1. The number of nitrogens with two attached hydrogens (primary N) is 1. The Morgan fingerprint density at radius 1 is 1.17 bits per heavy atom. The van der Waals surface area contributed by atoms with Crippen LogP contribution in [-0.2, 0) is 12.8 Å². The second-order valence-corrected chi connectivity index (χ2v) is 5.92. The third-order valence-electron chi connectivity index (χ3n) is 4.03. The SMILES string of the molecule is CC(N)CCC(c1ccc2c(c1)CCC2)N(C)C. The first-order valence-electron chi connectivity index (χ1n) is 7.11. The van der Waals surface area contributed by atoms with Crippen molar-refractivity contribution in [3.05, 3.63) is 34.9 Å². The number of benzene rings is 1. The zero-order valence-corrected chi connectivity index (χ0v) is 11.9. The molecule has 2 heteroatoms. The first kappa shape index (κ1) is 13.6. The van der Waals surface area contributed by atoms with Gasteiger partial charge in [-0.15, -0.1) is 0 Å². The van der Waals surface area contributed by atoms with Gasteiger partial charge in [-0.05, 0) is 69.8 Å². The van der Waals surface area contributed by atoms with E-state index in [0.717, 1.165) is 12.8 Å². The number of hydrogen-bond acceptors (Lipinski definition) is 2. The van der Waals surface area contributed by atoms with Gasteiger partial charge in [0.1, 0.15) is 0 Å². The molecule has 0 heterocycles. The molecule has 2 rings (SSSR count). The molecule has 2 atom stereocenters. The van der Waals surface area contributed by atoms with Crippen LogP contribution in [0.3, 0.4) is 0 Å². The minimum Gasteiger partial charge on any atom is -0.328 e. The Labute approximate surface area is 111 Å². The first-order valence-corrected chi connectivity index (χ1v) is 7.11. The molecule has 0 aromatic heterocycles. The van der Waals surface area contributed by atoms with E-state index in [0.29, 0.717) is 12.1 Å². The summed E-state index contributed by atoms with van der Waals surface area (Å²) in [5.41, 5.74) is 10.5. The van der Waals surface area contributed by atoms with Crippen LogP contribution in [0, 0.1) is 0 Å². The lowest BCUT2D eigenvalue weighted by Crippen LogP contribution is -2.23. The second kappa shape index (κ2) is 5.85. The van der Waals surface area contributed by atoms with Gasteiger partial charge in [0.05, 0.1) is 0 Å². The van der Waals surface area contributed by atoms with Crippen LogP contribution in [0.25, 0.3) is 0 Å². The molecule has 2 unspecified atom stereocenters. The Hall–Kier alpha value is -0.860. The van der Waals surface area contributed by atoms with Gasteiger partial charge in [0.15, 0.2) is 0 Å². The molecule has 1 aliphatic rings. The molecule has 100 valence electrons. The molecule has 0 saturated heterocycles. The van der Waals surface area contributed by atoms with Crippen molar-refractivity contribution in [1.82, 2.24) is 4.90 Å². The molecule has 1 aromatic rings. The molecule has 0 amide bonds. The van der Waals surface area contributed by atoms with Gasteiger partial charge in [0, 0.05) is 12.1 Å². The third-order valence-corrected chi connectivity index (χ3v) is 4.03. The third kappa shape index (κ3) is 3.12. The largest absolute Gasteiger partial charge is 0.328 e. The summed E-state index contributed by atoms with van der Waals surface area (Å²) in [4.78, 5) is 2.32. The summed E-state index contributed by atoms with van der Waals surface area (Å²) in [6, 6.07) is 7.87. The molecular formula is C16H26N2. The van der Waals surface area contributed by atoms with Crippen LogP contribution >= 0.6 is 0 Å². The van der Waals surface area contributed by atoms with E-state index in [1.807, 2.05) is 0 Å². The minimum atomic E-state index is 0.293. The number of aryl methyl sites for hydroxylation is 2. The van der Waals surface area contributed by atoms with Crippen LogP contribution in [-0.4, -0.2) is 25.0 Å². The molecule has 0 spiro atoms. The lowest BCUT2D eigenvalue weighted by atomic mass is 9.96. The van der Waals surface area contributed by atoms with Crippen molar-refractivity contribution < 1.29 is 0 Å². The van der Waals surface area contributed by atoms with Gasteiger partial charge < -0.3 is 10.6 Å². The van der Waals surface area contributed by atoms with Gasteiger partial charge in [-0.3, -0.25) is 0 Å². The summed E-state index contributed by atoms with van der Waals surface area (Å²) in [6.45, 7) is 2.09. The summed E-state index contributed by atoms with van der Waals surface area (Å²) in [6.07, 6.45) is 6.08. The minimum absolute atomic E-state index is 0.293. The fourth-order valence-corrected chi connectivity index (χ4v) is 2.94. The highest BCUT2D eigenvalue weighted by atomic mass is 15.1. The summed E-state index contributed by atoms with van der Waals surface area (Å²) < 4.78 is 0. The Kier molecular flexibility index (Phi) is 4.41. The molecule has 0 radical (unpaired) electrons. The Morgan fingerprint density at radius 2 is 1.89 bits per heavy atom. The highest BCUT2D eigenvalue weighted by Crippen LogP contribution is 2.29. The Morgan fingerprint density at radius 3 is 2.56 bits per heavy atom. The molecular weight excluding hydrogens is 220 g/mol. The van der Waals surface area contributed by atoms with E-state index >= 15 is 0 Å². The second-order valence-electron chi connectivity index (χ2n) is 5.92. The highest BCUT2D eigenvalue weighted by Gasteiger charge is 2.18. The predicted octanol–water partition coefficient (Wildman–Crippen LogP) is 2.91. The molecule has 0 aliphatic heterocycles. The van der Waals surface area contributed by atoms with Crippen LogP contribution in [0.1, 0.15) is 48.9 Å². The van der Waals surface area contributed by atoms with E-state index in [1.54, 1.807) is 11.1 Å². The summed E-state index contributed by atoms with van der Waals surface area (Å²) >= 11 is 0. The molecule has 0 saturated carbocycles. The fraction of sp³-hybridized carbons (Fsp3) is 0.625. The van der Waals surface area contributed by atoms with Crippen LogP contribution < -0.4 is 5.73 Å². The summed E-state index contributed by atoms with van der Waals surface area (Å²) in [7, 11) is 4.33. The fourth-order valence-electron chi connectivity index (χ4n) is 2.94. The van der Waals surface area contributed by atoms with Crippen molar-refractivity contribution in [2.45, 2.75) is 51.1 Å². The van der Waals surface area contributed by atoms with Crippen molar-refractivity contribution in [2.24, 2.45) is 5.73 Å². The zero-order chi connectivity index (χ0) is 13.1. The molecule has 2 nitrogen and oxygen atoms in total. The van der Waals surface area contributed by atoms with E-state index in [4.69, 9.17) is 5.73 Å². The highest BCUT2D eigenvalue weighted by molar-refractivity contribution is 5.36. The molecule has 1 aliphatic carbocycles. The van der Waals surface area contributed by atoms with Gasteiger partial charge in [0.25, 0.3) is 0 Å². The van der Waals surface area contributed by atoms with Gasteiger partial charge in [0.2, 0.25) is 0 Å². The topological polar surface area (TPSA) is 29.3 Å². The lowest BCUT2D eigenvalue weighted by Gasteiger charge is -2.26. The maximum Gasteiger partial charge on any atom is 0.0342 e. The summed E-state index contributed by atoms with van der Waals surface area (Å²) in [5.74, 6) is 0. The zero-order valence-electron chi connectivity index (χ0n) is 11.9. The summed E-state index contributed by atoms with van der Waals surface area (Å²) in [5, 5.41) is 0. The van der Waals surface area contributed by atoms with E-state index in [9.17, 15) is 0 Å². The average Bonchev–Trinajstić information content (AvgIpc) is 2.75. The van der Waals surface area contributed by atoms with Gasteiger partial charge in [-0.2, -0.15) is 0 Å². The number of rotatable bonds is 5. The molecule has 1 aromatic carbocycles. The molecule has 0 fully saturated rings. The Balaban J connectivity index is 2.15. The standard InChI is InChI=1S/C16H26N2/c1-12(17)7-10-16(18(2)3)15-9-8-13-5-4-6-14(13)11-15/h8-9,11-12,16H,4-7,10,17H2,1-3H3. The van der Waals surface area contributed by atoms with Crippen LogP contribution in [0.5, 0.6) is 0 Å². The Bertz CT molecular complexity index is 396. The van der Waals surface area contributed by atoms with E-state index in [1.165, 1.54) is 24.8 Å². The van der Waals surface area contributed by atoms with Crippen molar-refractivity contribution >= 4 is 0 Å². The molecule has 2 N–H and O–H groups in total. The maximum atomic E-state index is 5.89. The van der Waals surface area contributed by atoms with Gasteiger partial charge in [-0.25, -0.2) is 0 Å². The monoisotopic (exact) mass is 246 g/mol. The normalized spacial score (nSPS) is 17.8. The van der Waals surface area contributed by atoms with Crippen molar-refractivity contribution in [1.29, 1.82) is 0 Å². The maximum absolute atomic E-state index is 5.89. The van der Waals surface area contributed by atoms with E-state index < -0.39 is 0 Å².